The minimum atomic E-state index is -3.62. The summed E-state index contributed by atoms with van der Waals surface area (Å²) in [6.07, 6.45) is 0.937. The van der Waals surface area contributed by atoms with Crippen molar-refractivity contribution in [2.75, 3.05) is 12.0 Å². The van der Waals surface area contributed by atoms with Crippen molar-refractivity contribution in [2.45, 2.75) is 4.90 Å². The highest BCUT2D eigenvalue weighted by Gasteiger charge is 2.19. The van der Waals surface area contributed by atoms with Crippen LogP contribution in [0.4, 0.5) is 10.3 Å². The number of nitrogen functional groups attached to an aromatic ring is 1. The Labute approximate surface area is 96.9 Å². The third kappa shape index (κ3) is 2.14. The van der Waals surface area contributed by atoms with Crippen LogP contribution in [-0.4, -0.2) is 19.8 Å². The summed E-state index contributed by atoms with van der Waals surface area (Å²) >= 11 is 0. The molecule has 0 aliphatic carbocycles. The van der Waals surface area contributed by atoms with Gasteiger partial charge in [-0.15, -0.1) is 0 Å². The molecule has 2 rings (SSSR count). The maximum absolute atomic E-state index is 14.0. The SMILES string of the molecule is CS(=O)(=O)c1cccc(-c2cc(N)on2)c1F. The van der Waals surface area contributed by atoms with Gasteiger partial charge in [0, 0.05) is 17.9 Å². The maximum Gasteiger partial charge on any atom is 0.222 e. The summed E-state index contributed by atoms with van der Waals surface area (Å²) in [5, 5.41) is 3.54. The molecule has 0 fully saturated rings. The maximum atomic E-state index is 14.0. The van der Waals surface area contributed by atoms with E-state index in [2.05, 4.69) is 9.68 Å². The molecule has 0 saturated carbocycles. The van der Waals surface area contributed by atoms with Crippen LogP contribution in [0.15, 0.2) is 33.7 Å². The summed E-state index contributed by atoms with van der Waals surface area (Å²) in [6, 6.07) is 5.35. The lowest BCUT2D eigenvalue weighted by molar-refractivity contribution is 0.438. The number of rotatable bonds is 2. The van der Waals surface area contributed by atoms with Crippen molar-refractivity contribution >= 4 is 15.7 Å². The van der Waals surface area contributed by atoms with E-state index in [9.17, 15) is 12.8 Å². The van der Waals surface area contributed by atoms with E-state index in [1.165, 1.54) is 24.3 Å². The second kappa shape index (κ2) is 3.85. The van der Waals surface area contributed by atoms with Crippen molar-refractivity contribution in [3.8, 4) is 11.3 Å². The van der Waals surface area contributed by atoms with Crippen molar-refractivity contribution in [1.82, 2.24) is 5.16 Å². The Kier molecular flexibility index (Phi) is 2.62. The van der Waals surface area contributed by atoms with E-state index < -0.39 is 15.7 Å². The van der Waals surface area contributed by atoms with Crippen LogP contribution in [0.5, 0.6) is 0 Å². The van der Waals surface area contributed by atoms with Gasteiger partial charge in [-0.2, -0.15) is 0 Å². The molecule has 0 aliphatic rings. The van der Waals surface area contributed by atoms with Crippen LogP contribution in [0, 0.1) is 5.82 Å². The largest absolute Gasteiger partial charge is 0.368 e. The number of benzene rings is 1. The Morgan fingerprint density at radius 3 is 2.65 bits per heavy atom. The molecule has 2 aromatic rings. The molecule has 17 heavy (non-hydrogen) atoms. The molecule has 1 heterocycles. The van der Waals surface area contributed by atoms with Gasteiger partial charge in [0.15, 0.2) is 15.7 Å². The summed E-state index contributed by atoms with van der Waals surface area (Å²) in [5.74, 6) is -0.826. The highest BCUT2D eigenvalue weighted by molar-refractivity contribution is 7.90. The van der Waals surface area contributed by atoms with Gasteiger partial charge in [0.1, 0.15) is 10.6 Å². The number of sulfone groups is 1. The van der Waals surface area contributed by atoms with Gasteiger partial charge in [0.05, 0.1) is 0 Å². The van der Waals surface area contributed by atoms with E-state index >= 15 is 0 Å². The van der Waals surface area contributed by atoms with Crippen LogP contribution >= 0.6 is 0 Å². The summed E-state index contributed by atoms with van der Waals surface area (Å²) in [6.45, 7) is 0. The van der Waals surface area contributed by atoms with Gasteiger partial charge in [-0.05, 0) is 12.1 Å². The van der Waals surface area contributed by atoms with Gasteiger partial charge in [0.2, 0.25) is 5.88 Å². The molecule has 5 nitrogen and oxygen atoms in total. The van der Waals surface area contributed by atoms with Crippen LogP contribution in [-0.2, 0) is 9.84 Å². The van der Waals surface area contributed by atoms with E-state index in [1.807, 2.05) is 0 Å². The number of halogens is 1. The smallest absolute Gasteiger partial charge is 0.222 e. The summed E-state index contributed by atoms with van der Waals surface area (Å²) in [7, 11) is -3.62. The second-order valence-electron chi connectivity index (χ2n) is 3.50. The monoisotopic (exact) mass is 256 g/mol. The molecule has 7 heteroatoms. The normalized spacial score (nSPS) is 11.6. The molecule has 0 radical (unpaired) electrons. The topological polar surface area (TPSA) is 86.2 Å². The van der Waals surface area contributed by atoms with Crippen molar-refractivity contribution in [3.63, 3.8) is 0 Å². The summed E-state index contributed by atoms with van der Waals surface area (Å²) in [4.78, 5) is -0.378. The first-order valence-corrected chi connectivity index (χ1v) is 6.50. The fourth-order valence-corrected chi connectivity index (χ4v) is 2.17. The van der Waals surface area contributed by atoms with Gasteiger partial charge in [-0.3, -0.25) is 0 Å². The fourth-order valence-electron chi connectivity index (χ4n) is 1.41. The number of hydrogen-bond donors (Lipinski definition) is 1. The fraction of sp³-hybridized carbons (Fsp3) is 0.100. The van der Waals surface area contributed by atoms with Crippen molar-refractivity contribution in [2.24, 2.45) is 0 Å². The zero-order chi connectivity index (χ0) is 12.6. The van der Waals surface area contributed by atoms with E-state index in [1.54, 1.807) is 0 Å². The van der Waals surface area contributed by atoms with Crippen molar-refractivity contribution in [3.05, 3.63) is 30.1 Å². The lowest BCUT2D eigenvalue weighted by Crippen LogP contribution is -2.01. The minimum absolute atomic E-state index is 0.0316. The number of nitrogens with zero attached hydrogens (tertiary/aromatic N) is 1. The van der Waals surface area contributed by atoms with Gasteiger partial charge < -0.3 is 10.3 Å². The molecule has 0 amide bonds. The molecular weight excluding hydrogens is 247 g/mol. The second-order valence-corrected chi connectivity index (χ2v) is 5.49. The number of anilines is 1. The molecule has 0 spiro atoms. The first-order chi connectivity index (χ1) is 7.89. The summed E-state index contributed by atoms with van der Waals surface area (Å²) < 4.78 is 41.2. The van der Waals surface area contributed by atoms with Crippen LogP contribution in [0.2, 0.25) is 0 Å². The Balaban J connectivity index is 2.65. The lowest BCUT2D eigenvalue weighted by atomic mass is 10.1. The molecule has 0 bridgehead atoms. The standard InChI is InChI=1S/C10H9FN2O3S/c1-17(14,15)8-4-2-3-6(10(8)11)7-5-9(12)16-13-7/h2-5H,12H2,1H3. The van der Waals surface area contributed by atoms with Crippen LogP contribution in [0.25, 0.3) is 11.3 Å². The molecule has 0 unspecified atom stereocenters. The highest BCUT2D eigenvalue weighted by atomic mass is 32.2. The summed E-state index contributed by atoms with van der Waals surface area (Å²) in [5.41, 5.74) is 5.51. The predicted molar refractivity (Wildman–Crippen MR) is 59.4 cm³/mol. The molecule has 0 aliphatic heterocycles. The predicted octanol–water partition coefficient (Wildman–Crippen LogP) is 1.47. The van der Waals surface area contributed by atoms with Crippen LogP contribution in [0.1, 0.15) is 0 Å². The van der Waals surface area contributed by atoms with E-state index in [4.69, 9.17) is 5.73 Å². The lowest BCUT2D eigenvalue weighted by Gasteiger charge is -2.03. The van der Waals surface area contributed by atoms with Gasteiger partial charge in [-0.1, -0.05) is 11.2 Å². The van der Waals surface area contributed by atoms with Gasteiger partial charge >= 0.3 is 0 Å². The van der Waals surface area contributed by atoms with Crippen LogP contribution in [0.3, 0.4) is 0 Å². The zero-order valence-electron chi connectivity index (χ0n) is 8.84. The Morgan fingerprint density at radius 1 is 1.41 bits per heavy atom. The average molecular weight is 256 g/mol. The molecule has 1 aromatic carbocycles. The van der Waals surface area contributed by atoms with E-state index in [0.29, 0.717) is 0 Å². The third-order valence-corrected chi connectivity index (χ3v) is 3.28. The molecule has 0 saturated heterocycles. The molecule has 2 N–H and O–H groups in total. The minimum Gasteiger partial charge on any atom is -0.368 e. The zero-order valence-corrected chi connectivity index (χ0v) is 9.66. The quantitative estimate of drug-likeness (QED) is 0.879. The molecule has 90 valence electrons. The number of nitrogens with two attached hydrogens (primary N) is 1. The number of hydrogen-bond acceptors (Lipinski definition) is 5. The van der Waals surface area contributed by atoms with Crippen molar-refractivity contribution < 1.29 is 17.3 Å². The first-order valence-electron chi connectivity index (χ1n) is 4.61. The Bertz CT molecular complexity index is 664. The van der Waals surface area contributed by atoms with E-state index in [0.717, 1.165) is 6.26 Å². The molecule has 1 aromatic heterocycles. The average Bonchev–Trinajstić information content (AvgIpc) is 2.63. The third-order valence-electron chi connectivity index (χ3n) is 2.17. The highest BCUT2D eigenvalue weighted by Crippen LogP contribution is 2.27. The van der Waals surface area contributed by atoms with Gasteiger partial charge in [-0.25, -0.2) is 12.8 Å². The van der Waals surface area contributed by atoms with E-state index in [-0.39, 0.29) is 22.0 Å². The number of aromatic nitrogens is 1. The molecular formula is C10H9FN2O3S. The van der Waals surface area contributed by atoms with Crippen LogP contribution < -0.4 is 5.73 Å². The molecule has 0 atom stereocenters. The Morgan fingerprint density at radius 2 is 2.12 bits per heavy atom. The Hall–Kier alpha value is -1.89. The van der Waals surface area contributed by atoms with Gasteiger partial charge in [0.25, 0.3) is 0 Å². The van der Waals surface area contributed by atoms with Crippen molar-refractivity contribution in [1.29, 1.82) is 0 Å². The first kappa shape index (κ1) is 11.6.